The highest BCUT2D eigenvalue weighted by atomic mass is 16.1. The predicted octanol–water partition coefficient (Wildman–Crippen LogP) is 2.01. The third-order valence-electron chi connectivity index (χ3n) is 3.22. The van der Waals surface area contributed by atoms with Crippen LogP contribution in [0.4, 0.5) is 0 Å². The van der Waals surface area contributed by atoms with E-state index in [1.807, 2.05) is 0 Å². The number of carbonyl (C=O) groups excluding carboxylic acids is 1. The zero-order chi connectivity index (χ0) is 7.14. The zero-order valence-electron chi connectivity index (χ0n) is 6.47. The summed E-state index contributed by atoms with van der Waals surface area (Å²) in [5.41, 5.74) is 0. The van der Waals surface area contributed by atoms with Gasteiger partial charge in [-0.1, -0.05) is 13.3 Å². The number of carbonyl (C=O) groups is 1. The van der Waals surface area contributed by atoms with Crippen LogP contribution in [0.25, 0.3) is 0 Å². The predicted molar refractivity (Wildman–Crippen MR) is 39.6 cm³/mol. The Balaban J connectivity index is 2.12. The molecule has 1 heteroatoms. The lowest BCUT2D eigenvalue weighted by Crippen LogP contribution is -2.18. The lowest BCUT2D eigenvalue weighted by molar-refractivity contribution is -0.123. The summed E-state index contributed by atoms with van der Waals surface area (Å²) >= 11 is 0. The molecular weight excluding hydrogens is 124 g/mol. The Labute approximate surface area is 61.8 Å². The van der Waals surface area contributed by atoms with Gasteiger partial charge in [-0.15, -0.1) is 0 Å². The van der Waals surface area contributed by atoms with Gasteiger partial charge in [0.15, 0.2) is 0 Å². The van der Waals surface area contributed by atoms with Crippen molar-refractivity contribution >= 4 is 5.78 Å². The van der Waals surface area contributed by atoms with E-state index < -0.39 is 0 Å². The van der Waals surface area contributed by atoms with E-state index in [2.05, 4.69) is 6.92 Å². The molecule has 2 aliphatic carbocycles. The Morgan fingerprint density at radius 1 is 1.50 bits per heavy atom. The van der Waals surface area contributed by atoms with Crippen LogP contribution < -0.4 is 0 Å². The first kappa shape index (κ1) is 6.38. The van der Waals surface area contributed by atoms with Crippen LogP contribution in [-0.2, 0) is 4.79 Å². The second kappa shape index (κ2) is 2.08. The molecule has 10 heavy (non-hydrogen) atoms. The quantitative estimate of drug-likeness (QED) is 0.541. The third kappa shape index (κ3) is 0.727. The van der Waals surface area contributed by atoms with Gasteiger partial charge < -0.3 is 0 Å². The lowest BCUT2D eigenvalue weighted by Gasteiger charge is -2.18. The number of hydrogen-bond donors (Lipinski definition) is 0. The first-order chi connectivity index (χ1) is 4.81. The number of ketones is 1. The molecule has 0 radical (unpaired) electrons. The topological polar surface area (TPSA) is 17.1 Å². The van der Waals surface area contributed by atoms with E-state index in [9.17, 15) is 4.79 Å². The fraction of sp³-hybridized carbons (Fsp3) is 0.889. The van der Waals surface area contributed by atoms with Gasteiger partial charge in [-0.2, -0.15) is 0 Å². The van der Waals surface area contributed by atoms with Gasteiger partial charge in [0.1, 0.15) is 5.78 Å². The van der Waals surface area contributed by atoms with Crippen molar-refractivity contribution in [3.8, 4) is 0 Å². The average molecular weight is 138 g/mol. The summed E-state index contributed by atoms with van der Waals surface area (Å²) < 4.78 is 0. The highest BCUT2D eigenvalue weighted by molar-refractivity contribution is 5.84. The van der Waals surface area contributed by atoms with Crippen LogP contribution in [-0.4, -0.2) is 5.78 Å². The summed E-state index contributed by atoms with van der Waals surface area (Å²) in [7, 11) is 0. The lowest BCUT2D eigenvalue weighted by atomic mass is 9.86. The minimum Gasteiger partial charge on any atom is -0.299 e. The maximum absolute atomic E-state index is 11.2. The van der Waals surface area contributed by atoms with Crippen molar-refractivity contribution in [3.63, 3.8) is 0 Å². The second-order valence-corrected chi connectivity index (χ2v) is 3.78. The monoisotopic (exact) mass is 138 g/mol. The Morgan fingerprint density at radius 3 is 2.70 bits per heavy atom. The molecule has 0 aromatic rings. The van der Waals surface area contributed by atoms with E-state index >= 15 is 0 Å². The maximum Gasteiger partial charge on any atom is 0.136 e. The molecule has 56 valence electrons. The van der Waals surface area contributed by atoms with Crippen LogP contribution in [0.3, 0.4) is 0 Å². The molecule has 1 nitrogen and oxygen atoms in total. The summed E-state index contributed by atoms with van der Waals surface area (Å²) in [5, 5.41) is 0. The fourth-order valence-corrected chi connectivity index (χ4v) is 2.69. The molecule has 2 saturated carbocycles. The van der Waals surface area contributed by atoms with Crippen LogP contribution in [0.5, 0.6) is 0 Å². The van der Waals surface area contributed by atoms with Crippen molar-refractivity contribution in [1.82, 2.24) is 0 Å². The third-order valence-corrected chi connectivity index (χ3v) is 3.22. The van der Waals surface area contributed by atoms with E-state index in [-0.39, 0.29) is 0 Å². The van der Waals surface area contributed by atoms with Crippen LogP contribution >= 0.6 is 0 Å². The van der Waals surface area contributed by atoms with E-state index in [1.54, 1.807) is 0 Å². The SMILES string of the molecule is CC[C@@H]1C[C@@H]2CC(=O)[C@H]1C2. The molecule has 0 unspecified atom stereocenters. The van der Waals surface area contributed by atoms with Crippen LogP contribution in [0.2, 0.25) is 0 Å². The van der Waals surface area contributed by atoms with Gasteiger partial charge in [0.25, 0.3) is 0 Å². The zero-order valence-corrected chi connectivity index (χ0v) is 6.47. The van der Waals surface area contributed by atoms with E-state index in [0.717, 1.165) is 18.3 Å². The summed E-state index contributed by atoms with van der Waals surface area (Å²) in [6.45, 7) is 2.21. The van der Waals surface area contributed by atoms with Crippen LogP contribution in [0.15, 0.2) is 0 Å². The summed E-state index contributed by atoms with van der Waals surface area (Å²) in [5.74, 6) is 2.58. The van der Waals surface area contributed by atoms with Gasteiger partial charge in [-0.25, -0.2) is 0 Å². The molecule has 3 atom stereocenters. The van der Waals surface area contributed by atoms with Gasteiger partial charge in [0, 0.05) is 12.3 Å². The summed E-state index contributed by atoms with van der Waals surface area (Å²) in [6, 6.07) is 0. The van der Waals surface area contributed by atoms with Gasteiger partial charge >= 0.3 is 0 Å². The summed E-state index contributed by atoms with van der Waals surface area (Å²) in [6.07, 6.45) is 4.68. The van der Waals surface area contributed by atoms with Crippen LogP contribution in [0, 0.1) is 17.8 Å². The first-order valence-electron chi connectivity index (χ1n) is 4.34. The molecular formula is C9H14O. The normalized spacial score (nSPS) is 44.9. The van der Waals surface area contributed by atoms with Gasteiger partial charge in [-0.3, -0.25) is 4.79 Å². The van der Waals surface area contributed by atoms with Crippen molar-refractivity contribution in [2.45, 2.75) is 32.6 Å². The Morgan fingerprint density at radius 2 is 2.30 bits per heavy atom. The van der Waals surface area contributed by atoms with Gasteiger partial charge in [-0.05, 0) is 24.7 Å². The van der Waals surface area contributed by atoms with Crippen molar-refractivity contribution in [2.24, 2.45) is 17.8 Å². The number of Topliss-reactive ketones (excluding diaryl/α,β-unsaturated/α-hetero) is 1. The highest BCUT2D eigenvalue weighted by Gasteiger charge is 2.44. The number of rotatable bonds is 1. The average Bonchev–Trinajstić information content (AvgIpc) is 2.44. The summed E-state index contributed by atoms with van der Waals surface area (Å²) in [4.78, 5) is 11.2. The van der Waals surface area contributed by atoms with Crippen molar-refractivity contribution in [3.05, 3.63) is 0 Å². The van der Waals surface area contributed by atoms with Gasteiger partial charge in [0.2, 0.25) is 0 Å². The van der Waals surface area contributed by atoms with E-state index in [4.69, 9.17) is 0 Å². The van der Waals surface area contributed by atoms with Crippen molar-refractivity contribution in [1.29, 1.82) is 0 Å². The van der Waals surface area contributed by atoms with E-state index in [1.165, 1.54) is 19.3 Å². The largest absolute Gasteiger partial charge is 0.299 e. The first-order valence-corrected chi connectivity index (χ1v) is 4.34. The molecule has 0 heterocycles. The molecule has 0 aromatic carbocycles. The number of hydrogen-bond acceptors (Lipinski definition) is 1. The molecule has 2 rings (SSSR count). The minimum absolute atomic E-state index is 0.481. The molecule has 2 bridgehead atoms. The van der Waals surface area contributed by atoms with Crippen molar-refractivity contribution in [2.75, 3.05) is 0 Å². The van der Waals surface area contributed by atoms with Crippen molar-refractivity contribution < 1.29 is 4.79 Å². The second-order valence-electron chi connectivity index (χ2n) is 3.78. The van der Waals surface area contributed by atoms with E-state index in [0.29, 0.717) is 11.7 Å². The maximum atomic E-state index is 11.2. The minimum atomic E-state index is 0.481. The molecule has 0 N–H and O–H groups in total. The molecule has 2 aliphatic rings. The smallest absolute Gasteiger partial charge is 0.136 e. The Kier molecular flexibility index (Phi) is 1.33. The molecule has 2 fully saturated rings. The standard InChI is InChI=1S/C9H14O/c1-2-7-3-6-4-8(7)9(10)5-6/h6-8H,2-5H2,1H3/t6-,7+,8-/m0/s1. The number of fused-ring (bicyclic) bond motifs is 2. The Bertz CT molecular complexity index is 162. The van der Waals surface area contributed by atoms with Gasteiger partial charge in [0.05, 0.1) is 0 Å². The molecule has 0 spiro atoms. The Hall–Kier alpha value is -0.330. The fourth-order valence-electron chi connectivity index (χ4n) is 2.69. The molecule has 0 aromatic heterocycles. The molecule has 0 amide bonds. The van der Waals surface area contributed by atoms with Crippen LogP contribution in [0.1, 0.15) is 32.6 Å². The molecule has 0 saturated heterocycles. The molecule has 0 aliphatic heterocycles. The highest BCUT2D eigenvalue weighted by Crippen LogP contribution is 2.47.